The molecular weight excluding hydrogens is 727 g/mol. The Morgan fingerprint density at radius 2 is 0.867 bits per heavy atom. The Hall–Kier alpha value is -7.94. The summed E-state index contributed by atoms with van der Waals surface area (Å²) in [5, 5.41) is 11.8. The van der Waals surface area contributed by atoms with Gasteiger partial charge in [-0.2, -0.15) is 0 Å². The van der Waals surface area contributed by atoms with E-state index in [4.69, 9.17) is 4.42 Å². The SMILES string of the molecule is c1ccc(-c2cccc3cccc(-c4ccc(N(c5ccc(-c6ccc7ccccc7c6)c6ccccc56)c5cccc6c5oc5c7ccccc7ccc65)cc4)c23)cc1. The molecule has 0 bridgehead atoms. The normalized spacial score (nSPS) is 11.7. The summed E-state index contributed by atoms with van der Waals surface area (Å²) in [5.41, 5.74) is 12.1. The van der Waals surface area contributed by atoms with E-state index in [0.29, 0.717) is 0 Å². The summed E-state index contributed by atoms with van der Waals surface area (Å²) in [6.45, 7) is 0. The second-order valence-electron chi connectivity index (χ2n) is 15.6. The van der Waals surface area contributed by atoms with Crippen LogP contribution in [0.1, 0.15) is 0 Å². The number of benzene rings is 11. The van der Waals surface area contributed by atoms with Gasteiger partial charge in [0.2, 0.25) is 0 Å². The van der Waals surface area contributed by atoms with E-state index in [-0.39, 0.29) is 0 Å². The fourth-order valence-corrected chi connectivity index (χ4v) is 9.41. The fourth-order valence-electron chi connectivity index (χ4n) is 9.41. The van der Waals surface area contributed by atoms with E-state index in [0.717, 1.165) is 60.7 Å². The molecule has 0 unspecified atom stereocenters. The van der Waals surface area contributed by atoms with Crippen molar-refractivity contribution >= 4 is 82.1 Å². The van der Waals surface area contributed by atoms with Crippen molar-refractivity contribution in [2.45, 2.75) is 0 Å². The van der Waals surface area contributed by atoms with Crippen LogP contribution in [0.5, 0.6) is 0 Å². The standard InChI is InChI=1S/C58H37NO/c1-2-14-39(15-3-1)47-23-10-18-42-19-11-24-48(56(42)47)41-29-32-45(33-30-41)59(55-26-12-25-52-53-34-31-40-16-6-7-20-49(40)57(53)60-58(52)55)54-36-35-46(50-21-8-9-22-51(50)54)44-28-27-38-13-4-5-17-43(38)37-44/h1-37H. The molecule has 1 aromatic heterocycles. The topological polar surface area (TPSA) is 16.4 Å². The van der Waals surface area contributed by atoms with Gasteiger partial charge in [0.1, 0.15) is 5.58 Å². The predicted octanol–water partition coefficient (Wildman–Crippen LogP) is 16.7. The second kappa shape index (κ2) is 13.9. The van der Waals surface area contributed by atoms with Crippen molar-refractivity contribution in [3.05, 3.63) is 224 Å². The van der Waals surface area contributed by atoms with Crippen molar-refractivity contribution in [2.75, 3.05) is 4.90 Å². The highest BCUT2D eigenvalue weighted by Gasteiger charge is 2.23. The zero-order valence-electron chi connectivity index (χ0n) is 32.7. The zero-order chi connectivity index (χ0) is 39.6. The molecule has 12 rings (SSSR count). The van der Waals surface area contributed by atoms with Gasteiger partial charge < -0.3 is 9.32 Å². The number of anilines is 3. The molecule has 0 atom stereocenters. The van der Waals surface area contributed by atoms with Gasteiger partial charge in [-0.25, -0.2) is 0 Å². The molecule has 0 spiro atoms. The first-order chi connectivity index (χ1) is 29.8. The maximum absolute atomic E-state index is 7.02. The van der Waals surface area contributed by atoms with Crippen LogP contribution in [-0.4, -0.2) is 0 Å². The van der Waals surface area contributed by atoms with Crippen LogP contribution in [-0.2, 0) is 0 Å². The van der Waals surface area contributed by atoms with E-state index < -0.39 is 0 Å². The first-order valence-electron chi connectivity index (χ1n) is 20.6. The summed E-state index contributed by atoms with van der Waals surface area (Å²) in [5.74, 6) is 0. The van der Waals surface area contributed by atoms with Gasteiger partial charge in [0.25, 0.3) is 0 Å². The number of fused-ring (bicyclic) bond motifs is 8. The fraction of sp³-hybridized carbons (Fsp3) is 0. The summed E-state index contributed by atoms with van der Waals surface area (Å²) < 4.78 is 7.02. The Bertz CT molecular complexity index is 3590. The lowest BCUT2D eigenvalue weighted by Crippen LogP contribution is -2.11. The van der Waals surface area contributed by atoms with Crippen molar-refractivity contribution < 1.29 is 4.42 Å². The molecule has 2 heteroatoms. The van der Waals surface area contributed by atoms with Gasteiger partial charge in [-0.3, -0.25) is 0 Å². The van der Waals surface area contributed by atoms with Crippen LogP contribution < -0.4 is 4.90 Å². The van der Waals surface area contributed by atoms with E-state index in [1.165, 1.54) is 54.7 Å². The summed E-state index contributed by atoms with van der Waals surface area (Å²) in [6.07, 6.45) is 0. The maximum Gasteiger partial charge on any atom is 0.159 e. The minimum atomic E-state index is 0.858. The molecule has 12 aromatic rings. The largest absolute Gasteiger partial charge is 0.453 e. The van der Waals surface area contributed by atoms with Crippen molar-refractivity contribution in [3.8, 4) is 33.4 Å². The van der Waals surface area contributed by atoms with Crippen LogP contribution in [0, 0.1) is 0 Å². The second-order valence-corrected chi connectivity index (χ2v) is 15.6. The monoisotopic (exact) mass is 763 g/mol. The summed E-state index contributed by atoms with van der Waals surface area (Å²) in [7, 11) is 0. The third-order valence-corrected chi connectivity index (χ3v) is 12.2. The highest BCUT2D eigenvalue weighted by molar-refractivity contribution is 6.18. The molecule has 0 amide bonds. The third-order valence-electron chi connectivity index (χ3n) is 12.2. The van der Waals surface area contributed by atoms with Crippen molar-refractivity contribution in [1.29, 1.82) is 0 Å². The third kappa shape index (κ3) is 5.50. The van der Waals surface area contributed by atoms with Gasteiger partial charge in [-0.1, -0.05) is 188 Å². The maximum atomic E-state index is 7.02. The van der Waals surface area contributed by atoms with Crippen LogP contribution in [0.15, 0.2) is 229 Å². The molecule has 0 saturated heterocycles. The molecule has 0 N–H and O–H groups in total. The van der Waals surface area contributed by atoms with E-state index in [1.807, 2.05) is 0 Å². The first-order valence-corrected chi connectivity index (χ1v) is 20.6. The molecular formula is C58H37NO. The molecule has 11 aromatic carbocycles. The lowest BCUT2D eigenvalue weighted by atomic mass is 9.91. The average molecular weight is 764 g/mol. The van der Waals surface area contributed by atoms with Crippen LogP contribution in [0.2, 0.25) is 0 Å². The molecule has 0 fully saturated rings. The smallest absolute Gasteiger partial charge is 0.159 e. The summed E-state index contributed by atoms with van der Waals surface area (Å²) in [4.78, 5) is 2.39. The highest BCUT2D eigenvalue weighted by Crippen LogP contribution is 2.47. The molecule has 280 valence electrons. The molecule has 0 saturated carbocycles. The predicted molar refractivity (Wildman–Crippen MR) is 255 cm³/mol. The summed E-state index contributed by atoms with van der Waals surface area (Å²) in [6, 6.07) is 81.2. The van der Waals surface area contributed by atoms with Crippen LogP contribution in [0.3, 0.4) is 0 Å². The van der Waals surface area contributed by atoms with Gasteiger partial charge in [0, 0.05) is 27.2 Å². The van der Waals surface area contributed by atoms with E-state index in [9.17, 15) is 0 Å². The van der Waals surface area contributed by atoms with Crippen molar-refractivity contribution in [2.24, 2.45) is 0 Å². The lowest BCUT2D eigenvalue weighted by Gasteiger charge is -2.28. The minimum Gasteiger partial charge on any atom is -0.453 e. The number of nitrogens with zero attached hydrogens (tertiary/aromatic N) is 1. The first kappa shape index (κ1) is 34.1. The van der Waals surface area contributed by atoms with Crippen LogP contribution in [0.4, 0.5) is 17.1 Å². The van der Waals surface area contributed by atoms with Crippen molar-refractivity contribution in [3.63, 3.8) is 0 Å². The quantitative estimate of drug-likeness (QED) is 0.168. The number of rotatable bonds is 6. The van der Waals surface area contributed by atoms with Gasteiger partial charge >= 0.3 is 0 Å². The Morgan fingerprint density at radius 1 is 0.283 bits per heavy atom. The minimum absolute atomic E-state index is 0.858. The molecule has 60 heavy (non-hydrogen) atoms. The van der Waals surface area contributed by atoms with E-state index in [2.05, 4.69) is 229 Å². The Kier molecular flexibility index (Phi) is 7.89. The molecule has 0 aliphatic rings. The van der Waals surface area contributed by atoms with E-state index >= 15 is 0 Å². The molecule has 0 aliphatic heterocycles. The molecule has 0 aliphatic carbocycles. The van der Waals surface area contributed by atoms with Crippen molar-refractivity contribution in [1.82, 2.24) is 0 Å². The highest BCUT2D eigenvalue weighted by atomic mass is 16.3. The number of para-hydroxylation sites is 1. The van der Waals surface area contributed by atoms with Gasteiger partial charge in [0.05, 0.1) is 11.4 Å². The molecule has 0 radical (unpaired) electrons. The number of furan rings is 1. The van der Waals surface area contributed by atoms with Gasteiger partial charge in [0.15, 0.2) is 5.58 Å². The Morgan fingerprint density at radius 3 is 1.67 bits per heavy atom. The van der Waals surface area contributed by atoms with Gasteiger partial charge in [-0.15, -0.1) is 0 Å². The number of hydrogen-bond donors (Lipinski definition) is 0. The number of hydrogen-bond acceptors (Lipinski definition) is 2. The molecule has 2 nitrogen and oxygen atoms in total. The Labute approximate surface area is 347 Å². The van der Waals surface area contributed by atoms with E-state index in [1.54, 1.807) is 0 Å². The van der Waals surface area contributed by atoms with Crippen LogP contribution in [0.25, 0.3) is 98.4 Å². The Balaban J connectivity index is 1.08. The summed E-state index contributed by atoms with van der Waals surface area (Å²) >= 11 is 0. The lowest BCUT2D eigenvalue weighted by molar-refractivity contribution is 0.673. The average Bonchev–Trinajstić information content (AvgIpc) is 3.72. The zero-order valence-corrected chi connectivity index (χ0v) is 32.7. The molecule has 1 heterocycles. The van der Waals surface area contributed by atoms with Gasteiger partial charge in [-0.05, 0) is 102 Å². The van der Waals surface area contributed by atoms with Crippen LogP contribution >= 0.6 is 0 Å².